The summed E-state index contributed by atoms with van der Waals surface area (Å²) >= 11 is 3.42. The lowest BCUT2D eigenvalue weighted by Crippen LogP contribution is -1.83. The normalized spacial score (nSPS) is 13.5. The van der Waals surface area contributed by atoms with Gasteiger partial charge in [0, 0.05) is 4.47 Å². The van der Waals surface area contributed by atoms with Crippen molar-refractivity contribution in [2.24, 2.45) is 5.92 Å². The van der Waals surface area contributed by atoms with Crippen molar-refractivity contribution >= 4 is 22.0 Å². The Kier molecular flexibility index (Phi) is 4.23. The molecule has 0 amide bonds. The van der Waals surface area contributed by atoms with Gasteiger partial charge in [0.05, 0.1) is 0 Å². The zero-order valence-corrected chi connectivity index (χ0v) is 9.71. The highest BCUT2D eigenvalue weighted by Gasteiger charge is 1.91. The van der Waals surface area contributed by atoms with E-state index in [0.717, 1.165) is 4.47 Å². The van der Waals surface area contributed by atoms with Gasteiger partial charge < -0.3 is 0 Å². The van der Waals surface area contributed by atoms with Crippen LogP contribution in [0.15, 0.2) is 34.8 Å². The number of allylic oxidation sites excluding steroid dienone is 1. The van der Waals surface area contributed by atoms with Crippen LogP contribution >= 0.6 is 15.9 Å². The Morgan fingerprint density at radius 3 is 2.46 bits per heavy atom. The number of benzene rings is 1. The largest absolute Gasteiger partial charge is 0.0811 e. The van der Waals surface area contributed by atoms with Crippen LogP contribution in [0.1, 0.15) is 25.8 Å². The maximum atomic E-state index is 3.42. The zero-order chi connectivity index (χ0) is 9.68. The van der Waals surface area contributed by atoms with Gasteiger partial charge in [0.1, 0.15) is 0 Å². The van der Waals surface area contributed by atoms with Gasteiger partial charge in [-0.1, -0.05) is 60.5 Å². The van der Waals surface area contributed by atoms with E-state index in [1.165, 1.54) is 12.0 Å². The molecular formula is C12H15Br. The fourth-order valence-corrected chi connectivity index (χ4v) is 1.25. The zero-order valence-electron chi connectivity index (χ0n) is 8.13. The number of halogens is 1. The maximum absolute atomic E-state index is 3.42. The predicted molar refractivity (Wildman–Crippen MR) is 62.6 cm³/mol. The Morgan fingerprint density at radius 2 is 1.92 bits per heavy atom. The van der Waals surface area contributed by atoms with Crippen LogP contribution in [0.25, 0.3) is 6.08 Å². The summed E-state index contributed by atoms with van der Waals surface area (Å²) in [5.41, 5.74) is 1.27. The molecule has 0 aliphatic heterocycles. The van der Waals surface area contributed by atoms with Crippen molar-refractivity contribution in [2.45, 2.75) is 20.3 Å². The van der Waals surface area contributed by atoms with Crippen LogP contribution in [0, 0.1) is 5.92 Å². The van der Waals surface area contributed by atoms with Crippen molar-refractivity contribution in [3.8, 4) is 0 Å². The minimum atomic E-state index is 0.670. The van der Waals surface area contributed by atoms with Crippen LogP contribution in [0.2, 0.25) is 0 Å². The van der Waals surface area contributed by atoms with Gasteiger partial charge in [-0.15, -0.1) is 0 Å². The molecule has 0 radical (unpaired) electrons. The topological polar surface area (TPSA) is 0 Å². The molecule has 0 fully saturated rings. The predicted octanol–water partition coefficient (Wildman–Crippen LogP) is 4.51. The second kappa shape index (κ2) is 5.23. The quantitative estimate of drug-likeness (QED) is 0.728. The highest BCUT2D eigenvalue weighted by atomic mass is 79.9. The van der Waals surface area contributed by atoms with Gasteiger partial charge in [-0.05, 0) is 23.6 Å². The summed E-state index contributed by atoms with van der Waals surface area (Å²) in [6, 6.07) is 8.36. The van der Waals surface area contributed by atoms with Crippen molar-refractivity contribution < 1.29 is 0 Å². The second-order valence-electron chi connectivity index (χ2n) is 3.30. The molecule has 0 saturated carbocycles. The number of rotatable bonds is 3. The van der Waals surface area contributed by atoms with E-state index < -0.39 is 0 Å². The second-order valence-corrected chi connectivity index (χ2v) is 4.21. The van der Waals surface area contributed by atoms with E-state index in [4.69, 9.17) is 0 Å². The van der Waals surface area contributed by atoms with E-state index in [9.17, 15) is 0 Å². The first-order chi connectivity index (χ1) is 6.22. The molecule has 0 bridgehead atoms. The highest BCUT2D eigenvalue weighted by molar-refractivity contribution is 9.10. The monoisotopic (exact) mass is 238 g/mol. The Balaban J connectivity index is 2.64. The average Bonchev–Trinajstić information content (AvgIpc) is 2.16. The summed E-state index contributed by atoms with van der Waals surface area (Å²) in [5.74, 6) is 0.670. The van der Waals surface area contributed by atoms with Crippen LogP contribution in [0.3, 0.4) is 0 Å². The average molecular weight is 239 g/mol. The summed E-state index contributed by atoms with van der Waals surface area (Å²) in [6.07, 6.45) is 5.64. The summed E-state index contributed by atoms with van der Waals surface area (Å²) in [7, 11) is 0. The molecule has 0 aliphatic carbocycles. The van der Waals surface area contributed by atoms with Gasteiger partial charge in [0.15, 0.2) is 0 Å². The van der Waals surface area contributed by atoms with Gasteiger partial charge in [-0.2, -0.15) is 0 Å². The SMILES string of the molecule is CCC(C)/C=C/c1ccc(Br)cc1. The molecule has 0 aliphatic rings. The summed E-state index contributed by atoms with van der Waals surface area (Å²) in [4.78, 5) is 0. The van der Waals surface area contributed by atoms with E-state index >= 15 is 0 Å². The van der Waals surface area contributed by atoms with E-state index in [-0.39, 0.29) is 0 Å². The number of hydrogen-bond acceptors (Lipinski definition) is 0. The van der Waals surface area contributed by atoms with Gasteiger partial charge in [-0.3, -0.25) is 0 Å². The van der Waals surface area contributed by atoms with Crippen molar-refractivity contribution in [3.05, 3.63) is 40.4 Å². The smallest absolute Gasteiger partial charge is 0.0175 e. The van der Waals surface area contributed by atoms with Crippen LogP contribution in [-0.4, -0.2) is 0 Å². The Morgan fingerprint density at radius 1 is 1.31 bits per heavy atom. The van der Waals surface area contributed by atoms with Crippen molar-refractivity contribution in [1.29, 1.82) is 0 Å². The summed E-state index contributed by atoms with van der Waals surface area (Å²) < 4.78 is 1.13. The highest BCUT2D eigenvalue weighted by Crippen LogP contribution is 2.13. The fourth-order valence-electron chi connectivity index (χ4n) is 0.985. The molecule has 1 aromatic carbocycles. The standard InChI is InChI=1S/C12H15Br/c1-3-10(2)4-5-11-6-8-12(13)9-7-11/h4-10H,3H2,1-2H3/b5-4+. The van der Waals surface area contributed by atoms with E-state index in [0.29, 0.717) is 5.92 Å². The van der Waals surface area contributed by atoms with E-state index in [2.05, 4.69) is 66.2 Å². The van der Waals surface area contributed by atoms with Gasteiger partial charge >= 0.3 is 0 Å². The fraction of sp³-hybridized carbons (Fsp3) is 0.333. The molecule has 1 heteroatoms. The van der Waals surface area contributed by atoms with Crippen molar-refractivity contribution in [3.63, 3.8) is 0 Å². The maximum Gasteiger partial charge on any atom is 0.0175 e. The molecule has 0 spiro atoms. The van der Waals surface area contributed by atoms with Crippen LogP contribution < -0.4 is 0 Å². The molecule has 1 atom stereocenters. The lowest BCUT2D eigenvalue weighted by molar-refractivity contribution is 0.701. The number of hydrogen-bond donors (Lipinski definition) is 0. The van der Waals surface area contributed by atoms with Gasteiger partial charge in [0.2, 0.25) is 0 Å². The molecule has 13 heavy (non-hydrogen) atoms. The van der Waals surface area contributed by atoms with Crippen LogP contribution in [0.5, 0.6) is 0 Å². The lowest BCUT2D eigenvalue weighted by atomic mass is 10.1. The molecular weight excluding hydrogens is 224 g/mol. The van der Waals surface area contributed by atoms with E-state index in [1.54, 1.807) is 0 Å². The minimum Gasteiger partial charge on any atom is -0.0811 e. The lowest BCUT2D eigenvalue weighted by Gasteiger charge is -1.99. The Bertz CT molecular complexity index is 272. The molecule has 1 aromatic rings. The summed E-state index contributed by atoms with van der Waals surface area (Å²) in [6.45, 7) is 4.44. The molecule has 0 aromatic heterocycles. The Labute approximate surface area is 88.8 Å². The molecule has 0 heterocycles. The van der Waals surface area contributed by atoms with Gasteiger partial charge in [-0.25, -0.2) is 0 Å². The molecule has 0 N–H and O–H groups in total. The first-order valence-electron chi connectivity index (χ1n) is 4.66. The minimum absolute atomic E-state index is 0.670. The van der Waals surface area contributed by atoms with Gasteiger partial charge in [0.25, 0.3) is 0 Å². The molecule has 0 nitrogen and oxygen atoms in total. The molecule has 1 rings (SSSR count). The first-order valence-corrected chi connectivity index (χ1v) is 5.45. The molecule has 1 unspecified atom stereocenters. The third kappa shape index (κ3) is 3.77. The Hall–Kier alpha value is -0.560. The van der Waals surface area contributed by atoms with Crippen molar-refractivity contribution in [1.82, 2.24) is 0 Å². The summed E-state index contributed by atoms with van der Waals surface area (Å²) in [5, 5.41) is 0. The molecule has 70 valence electrons. The van der Waals surface area contributed by atoms with E-state index in [1.807, 2.05) is 0 Å². The van der Waals surface area contributed by atoms with Crippen molar-refractivity contribution in [2.75, 3.05) is 0 Å². The van der Waals surface area contributed by atoms with Crippen LogP contribution in [0.4, 0.5) is 0 Å². The third-order valence-electron chi connectivity index (χ3n) is 2.13. The molecule has 0 saturated heterocycles. The van der Waals surface area contributed by atoms with Crippen LogP contribution in [-0.2, 0) is 0 Å². The first kappa shape index (κ1) is 10.5. The third-order valence-corrected chi connectivity index (χ3v) is 2.66.